The molecular formula is C12H15ClN6O2. The number of nitrogens with zero attached hydrogens (tertiary/aromatic N) is 4. The highest BCUT2D eigenvalue weighted by molar-refractivity contribution is 6.30. The average Bonchev–Trinajstić information content (AvgIpc) is 2.97. The lowest BCUT2D eigenvalue weighted by Crippen LogP contribution is -2.27. The zero-order valence-corrected chi connectivity index (χ0v) is 12.3. The minimum atomic E-state index is -0.666. The van der Waals surface area contributed by atoms with Gasteiger partial charge in [-0.1, -0.05) is 18.5 Å². The summed E-state index contributed by atoms with van der Waals surface area (Å²) in [5, 5.41) is 11.0. The van der Waals surface area contributed by atoms with Crippen LogP contribution >= 0.6 is 11.6 Å². The van der Waals surface area contributed by atoms with Gasteiger partial charge in [-0.25, -0.2) is 0 Å². The van der Waals surface area contributed by atoms with Gasteiger partial charge >= 0.3 is 0 Å². The molecule has 3 N–H and O–H groups in total. The van der Waals surface area contributed by atoms with Crippen LogP contribution < -0.4 is 11.1 Å². The van der Waals surface area contributed by atoms with Crippen molar-refractivity contribution < 1.29 is 9.59 Å². The Morgan fingerprint density at radius 2 is 2.14 bits per heavy atom. The fourth-order valence-electron chi connectivity index (χ4n) is 2.02. The Hall–Kier alpha value is -2.35. The molecule has 0 bridgehead atoms. The summed E-state index contributed by atoms with van der Waals surface area (Å²) in [6, 6.07) is -0.543. The summed E-state index contributed by atoms with van der Waals surface area (Å²) >= 11 is 5.81. The van der Waals surface area contributed by atoms with E-state index in [1.165, 1.54) is 21.8 Å². The minimum Gasteiger partial charge on any atom is -0.364 e. The van der Waals surface area contributed by atoms with Crippen LogP contribution in [0.4, 0.5) is 5.69 Å². The van der Waals surface area contributed by atoms with E-state index in [9.17, 15) is 9.59 Å². The van der Waals surface area contributed by atoms with E-state index in [0.29, 0.717) is 11.4 Å². The van der Waals surface area contributed by atoms with E-state index in [2.05, 4.69) is 15.5 Å². The molecule has 0 radical (unpaired) electrons. The number of carbonyl (C=O) groups excluding carboxylic acids is 2. The van der Waals surface area contributed by atoms with E-state index in [4.69, 9.17) is 17.3 Å². The third-order valence-electron chi connectivity index (χ3n) is 3.01. The molecule has 21 heavy (non-hydrogen) atoms. The maximum atomic E-state index is 12.3. The van der Waals surface area contributed by atoms with E-state index < -0.39 is 11.9 Å². The number of amides is 2. The lowest BCUT2D eigenvalue weighted by Gasteiger charge is -2.15. The first-order chi connectivity index (χ1) is 9.93. The van der Waals surface area contributed by atoms with Crippen molar-refractivity contribution in [3.05, 3.63) is 29.3 Å². The van der Waals surface area contributed by atoms with Crippen molar-refractivity contribution in [2.24, 2.45) is 12.8 Å². The van der Waals surface area contributed by atoms with Gasteiger partial charge in [-0.05, 0) is 6.42 Å². The van der Waals surface area contributed by atoms with Crippen LogP contribution in [0.25, 0.3) is 0 Å². The van der Waals surface area contributed by atoms with Crippen molar-refractivity contribution in [3.63, 3.8) is 0 Å². The van der Waals surface area contributed by atoms with E-state index >= 15 is 0 Å². The van der Waals surface area contributed by atoms with Crippen molar-refractivity contribution in [1.82, 2.24) is 19.6 Å². The topological polar surface area (TPSA) is 108 Å². The van der Waals surface area contributed by atoms with Crippen molar-refractivity contribution in [2.75, 3.05) is 5.32 Å². The summed E-state index contributed by atoms with van der Waals surface area (Å²) in [6.45, 7) is 1.85. The number of rotatable bonds is 5. The molecule has 2 amide bonds. The molecule has 9 heteroatoms. The normalized spacial score (nSPS) is 12.1. The van der Waals surface area contributed by atoms with Crippen LogP contribution in [0.1, 0.15) is 29.9 Å². The van der Waals surface area contributed by atoms with E-state index in [-0.39, 0.29) is 17.3 Å². The summed E-state index contributed by atoms with van der Waals surface area (Å²) < 4.78 is 2.78. The molecular weight excluding hydrogens is 296 g/mol. The van der Waals surface area contributed by atoms with Crippen LogP contribution in [-0.2, 0) is 11.8 Å². The Labute approximate surface area is 125 Å². The summed E-state index contributed by atoms with van der Waals surface area (Å²) in [7, 11) is 1.57. The van der Waals surface area contributed by atoms with Gasteiger partial charge in [0.25, 0.3) is 5.91 Å². The maximum Gasteiger partial charge on any atom is 0.269 e. The number of carbonyl (C=O) groups is 2. The van der Waals surface area contributed by atoms with Gasteiger partial charge in [-0.15, -0.1) is 0 Å². The molecule has 2 aromatic heterocycles. The molecule has 0 spiro atoms. The SMILES string of the molecule is CCC(C(=O)Nc1cnn(C)c1C(N)=O)n1cc(Cl)cn1. The molecule has 0 saturated heterocycles. The molecule has 2 aromatic rings. The molecule has 1 unspecified atom stereocenters. The van der Waals surface area contributed by atoms with E-state index in [1.807, 2.05) is 6.92 Å². The van der Waals surface area contributed by atoms with E-state index in [1.54, 1.807) is 13.2 Å². The quantitative estimate of drug-likeness (QED) is 0.857. The Morgan fingerprint density at radius 3 is 2.67 bits per heavy atom. The van der Waals surface area contributed by atoms with Gasteiger partial charge in [0.15, 0.2) is 0 Å². The Morgan fingerprint density at radius 1 is 1.43 bits per heavy atom. The molecule has 0 fully saturated rings. The zero-order chi connectivity index (χ0) is 15.6. The van der Waals surface area contributed by atoms with Gasteiger partial charge in [0.2, 0.25) is 5.91 Å². The second-order valence-electron chi connectivity index (χ2n) is 4.45. The number of hydrogen-bond acceptors (Lipinski definition) is 4. The fourth-order valence-corrected chi connectivity index (χ4v) is 2.16. The van der Waals surface area contributed by atoms with Gasteiger partial charge in [0.1, 0.15) is 11.7 Å². The number of nitrogens with one attached hydrogen (secondary N) is 1. The Kier molecular flexibility index (Phi) is 4.27. The highest BCUT2D eigenvalue weighted by atomic mass is 35.5. The number of aryl methyl sites for hydroxylation is 1. The van der Waals surface area contributed by atoms with Crippen LogP contribution in [0.2, 0.25) is 5.02 Å². The van der Waals surface area contributed by atoms with Crippen LogP contribution in [0.5, 0.6) is 0 Å². The largest absolute Gasteiger partial charge is 0.364 e. The number of halogens is 1. The summed E-state index contributed by atoms with van der Waals surface area (Å²) in [4.78, 5) is 23.7. The summed E-state index contributed by atoms with van der Waals surface area (Å²) in [5.41, 5.74) is 5.68. The number of nitrogens with two attached hydrogens (primary N) is 1. The molecule has 8 nitrogen and oxygen atoms in total. The van der Waals surface area contributed by atoms with Crippen molar-refractivity contribution in [3.8, 4) is 0 Å². The lowest BCUT2D eigenvalue weighted by molar-refractivity contribution is -0.119. The van der Waals surface area contributed by atoms with E-state index in [0.717, 1.165) is 0 Å². The molecule has 0 saturated carbocycles. The number of hydrogen-bond donors (Lipinski definition) is 2. The highest BCUT2D eigenvalue weighted by Gasteiger charge is 2.23. The number of primary amides is 1. The van der Waals surface area contributed by atoms with Crippen molar-refractivity contribution >= 4 is 29.1 Å². The second kappa shape index (κ2) is 5.96. The predicted molar refractivity (Wildman–Crippen MR) is 76.9 cm³/mol. The first kappa shape index (κ1) is 15.0. The standard InChI is InChI=1S/C12H15ClN6O2/c1-3-9(19-6-7(13)4-16-19)12(21)17-8-5-15-18(2)10(8)11(14)20/h4-6,9H,3H2,1-2H3,(H2,14,20)(H,17,21). The van der Waals surface area contributed by atoms with Crippen LogP contribution in [-0.4, -0.2) is 31.4 Å². The minimum absolute atomic E-state index is 0.136. The first-order valence-electron chi connectivity index (χ1n) is 6.26. The van der Waals surface area contributed by atoms with Crippen molar-refractivity contribution in [1.29, 1.82) is 0 Å². The first-order valence-corrected chi connectivity index (χ1v) is 6.64. The smallest absolute Gasteiger partial charge is 0.269 e. The summed E-state index contributed by atoms with van der Waals surface area (Å²) in [5.74, 6) is -0.992. The molecule has 2 rings (SSSR count). The molecule has 0 aromatic carbocycles. The van der Waals surface area contributed by atoms with Crippen molar-refractivity contribution in [2.45, 2.75) is 19.4 Å². The molecule has 0 aliphatic carbocycles. The maximum absolute atomic E-state index is 12.3. The number of aromatic nitrogens is 4. The Bertz CT molecular complexity index is 677. The molecule has 2 heterocycles. The zero-order valence-electron chi connectivity index (χ0n) is 11.6. The van der Waals surface area contributed by atoms with Crippen LogP contribution in [0, 0.1) is 0 Å². The van der Waals surface area contributed by atoms with Crippen LogP contribution in [0.15, 0.2) is 18.6 Å². The highest BCUT2D eigenvalue weighted by Crippen LogP contribution is 2.19. The number of anilines is 1. The molecule has 1 atom stereocenters. The van der Waals surface area contributed by atoms with Gasteiger partial charge in [0.05, 0.1) is 23.1 Å². The molecule has 0 aliphatic rings. The Balaban J connectivity index is 2.22. The van der Waals surface area contributed by atoms with Crippen LogP contribution in [0.3, 0.4) is 0 Å². The fraction of sp³-hybridized carbons (Fsp3) is 0.333. The molecule has 112 valence electrons. The van der Waals surface area contributed by atoms with Gasteiger partial charge in [-0.3, -0.25) is 19.0 Å². The lowest BCUT2D eigenvalue weighted by atomic mass is 10.2. The third-order valence-corrected chi connectivity index (χ3v) is 3.20. The van der Waals surface area contributed by atoms with Gasteiger partial charge in [-0.2, -0.15) is 10.2 Å². The average molecular weight is 311 g/mol. The predicted octanol–water partition coefficient (Wildman–Crippen LogP) is 0.959. The molecule has 0 aliphatic heterocycles. The summed E-state index contributed by atoms with van der Waals surface area (Å²) in [6.07, 6.45) is 4.90. The third kappa shape index (κ3) is 3.05. The van der Waals surface area contributed by atoms with Gasteiger partial charge < -0.3 is 11.1 Å². The monoisotopic (exact) mass is 310 g/mol. The van der Waals surface area contributed by atoms with Gasteiger partial charge in [0, 0.05) is 13.2 Å². The second-order valence-corrected chi connectivity index (χ2v) is 4.88.